The first kappa shape index (κ1) is 2.54. The molecule has 0 aromatic carbocycles. The zero-order valence-corrected chi connectivity index (χ0v) is 3.50. The van der Waals surface area contributed by atoms with Gasteiger partial charge < -0.3 is 0 Å². The molecule has 0 aliphatic carbocycles. The predicted octanol–water partition coefficient (Wildman–Crippen LogP) is 0.441. The Morgan fingerprint density at radius 3 is 2.75 bits per heavy atom. The highest BCUT2D eigenvalue weighted by atomic mass is 32.1. The number of rotatable bonds is 1. The summed E-state index contributed by atoms with van der Waals surface area (Å²) in [5.41, 5.74) is 0. The van der Waals surface area contributed by atoms with Crippen molar-refractivity contribution in [2.75, 3.05) is 6.54 Å². The third-order valence-corrected chi connectivity index (χ3v) is 0.424. The number of nitrogens with one attached hydrogen (secondary N) is 1. The van der Waals surface area contributed by atoms with Crippen LogP contribution in [0.4, 0.5) is 0 Å². The highest BCUT2D eigenvalue weighted by molar-refractivity contribution is 7.78. The fourth-order valence-corrected chi connectivity index (χ4v) is 0. The Labute approximate surface area is 33.4 Å². The minimum absolute atomic E-state index is 0.670. The fraction of sp³-hybridized carbons (Fsp3) is 1.00. The van der Waals surface area contributed by atoms with Crippen LogP contribution in [0.3, 0.4) is 0 Å². The normalized spacial score (nSPS) is 12.2. The summed E-state index contributed by atoms with van der Waals surface area (Å²) in [5.74, 6) is 0. The van der Waals surface area contributed by atoms with Crippen LogP contribution in [0.1, 0.15) is 6.92 Å². The van der Waals surface area contributed by atoms with E-state index in [0.29, 0.717) is 6.54 Å². The molecule has 0 saturated carbocycles. The topological polar surface area (TPSA) is 12.0 Å². The SMILES string of the molecule is [3H]N(S)CC. The van der Waals surface area contributed by atoms with Crippen molar-refractivity contribution in [2.45, 2.75) is 6.92 Å². The molecule has 0 radical (unpaired) electrons. The van der Waals surface area contributed by atoms with E-state index >= 15 is 0 Å². The predicted molar refractivity (Wildman–Crippen MR) is 22.7 cm³/mol. The van der Waals surface area contributed by atoms with Crippen LogP contribution in [-0.4, -0.2) is 6.54 Å². The Balaban J connectivity index is 2.54. The van der Waals surface area contributed by atoms with E-state index in [9.17, 15) is 0 Å². The molecule has 26 valence electrons. The van der Waals surface area contributed by atoms with E-state index < -0.39 is 0 Å². The summed E-state index contributed by atoms with van der Waals surface area (Å²) in [7, 11) is 0. The molecule has 0 aliphatic rings. The molecule has 0 rings (SSSR count). The quantitative estimate of drug-likeness (QED) is 0.435. The van der Waals surface area contributed by atoms with Crippen LogP contribution in [0.25, 0.3) is 0 Å². The van der Waals surface area contributed by atoms with Gasteiger partial charge in [-0.2, -0.15) is 0 Å². The summed E-state index contributed by atoms with van der Waals surface area (Å²) in [4.78, 5) is 0. The molecule has 1 nitrogen and oxygen atoms in total. The van der Waals surface area contributed by atoms with Crippen LogP contribution in [0.2, 0.25) is 1.41 Å². The smallest absolute Gasteiger partial charge is 0.135 e. The van der Waals surface area contributed by atoms with E-state index in [1.807, 2.05) is 6.92 Å². The second-order valence-electron chi connectivity index (χ2n) is 0.458. The first-order valence-electron chi connectivity index (χ1n) is 1.67. The zero-order chi connectivity index (χ0) is 4.28. The average Bonchev–Trinajstić information content (AvgIpc) is 1.38. The van der Waals surface area contributed by atoms with Crippen LogP contribution in [-0.2, 0) is 0 Å². The summed E-state index contributed by atoms with van der Waals surface area (Å²) >= 11 is 3.60. The van der Waals surface area contributed by atoms with Gasteiger partial charge in [-0.1, -0.05) is 19.7 Å². The lowest BCUT2D eigenvalue weighted by molar-refractivity contribution is 1.04. The van der Waals surface area contributed by atoms with Crippen LogP contribution >= 0.6 is 12.8 Å². The second-order valence-corrected chi connectivity index (χ2v) is 0.740. The number of thiol groups is 1. The molecule has 1 N–H and O–H groups in total. The third kappa shape index (κ3) is 2.31. The Morgan fingerprint density at radius 2 is 2.75 bits per heavy atom. The molecule has 0 aromatic heterocycles. The molecule has 4 heavy (non-hydrogen) atoms. The Kier molecular flexibility index (Phi) is 2.10. The molecule has 0 spiro atoms. The van der Waals surface area contributed by atoms with Gasteiger partial charge in [0.1, 0.15) is 1.41 Å². The van der Waals surface area contributed by atoms with Gasteiger partial charge >= 0.3 is 0 Å². The van der Waals surface area contributed by atoms with Gasteiger partial charge in [-0.25, -0.2) is 0 Å². The Morgan fingerprint density at radius 1 is 2.50 bits per heavy atom. The molecule has 0 atom stereocenters. The van der Waals surface area contributed by atoms with Crippen molar-refractivity contribution in [1.82, 2.24) is 4.72 Å². The molecule has 0 amide bonds. The molecule has 0 aliphatic heterocycles. The van der Waals surface area contributed by atoms with E-state index in [-0.39, 0.29) is 0 Å². The molecule has 0 saturated heterocycles. The molecule has 0 fully saturated rings. The third-order valence-electron chi connectivity index (χ3n) is 0.141. The highest BCUT2D eigenvalue weighted by Crippen LogP contribution is 1.50. The van der Waals surface area contributed by atoms with E-state index in [2.05, 4.69) is 12.8 Å². The first-order valence-corrected chi connectivity index (χ1v) is 1.62. The lowest BCUT2D eigenvalue weighted by Crippen LogP contribution is -1.91. The molecular formula is C2H7NS. The van der Waals surface area contributed by atoms with Crippen LogP contribution in [0, 0.1) is 0 Å². The van der Waals surface area contributed by atoms with Crippen molar-refractivity contribution in [3.05, 3.63) is 0 Å². The van der Waals surface area contributed by atoms with Crippen molar-refractivity contribution in [2.24, 2.45) is 0 Å². The lowest BCUT2D eigenvalue weighted by atomic mass is 10.8. The molecule has 0 heterocycles. The van der Waals surface area contributed by atoms with Crippen molar-refractivity contribution < 1.29 is 1.41 Å². The van der Waals surface area contributed by atoms with Gasteiger partial charge in [0.2, 0.25) is 0 Å². The van der Waals surface area contributed by atoms with Crippen molar-refractivity contribution >= 4 is 12.8 Å². The second kappa shape index (κ2) is 3.31. The largest absolute Gasteiger partial charge is 0.267 e. The zero-order valence-electron chi connectivity index (χ0n) is 3.60. The lowest BCUT2D eigenvalue weighted by Gasteiger charge is -1.74. The van der Waals surface area contributed by atoms with Gasteiger partial charge in [-0.05, 0) is 0 Å². The minimum Gasteiger partial charge on any atom is -0.267 e. The van der Waals surface area contributed by atoms with Crippen LogP contribution in [0.15, 0.2) is 0 Å². The fourth-order valence-electron chi connectivity index (χ4n) is 0. The van der Waals surface area contributed by atoms with Gasteiger partial charge in [-0.3, -0.25) is 4.72 Å². The van der Waals surface area contributed by atoms with Gasteiger partial charge in [-0.15, -0.1) is 0 Å². The monoisotopic (exact) mass is 79.0 g/mol. The van der Waals surface area contributed by atoms with Gasteiger partial charge in [0.25, 0.3) is 0 Å². The average molecular weight is 79.2 g/mol. The van der Waals surface area contributed by atoms with E-state index in [0.717, 1.165) is 4.72 Å². The maximum Gasteiger partial charge on any atom is 0.135 e. The first-order chi connectivity index (χ1) is 2.27. The molecular weight excluding hydrogens is 70.1 g/mol. The standard InChI is InChI=1S/C2H7NS/c1-2-3-4/h3-4H,2H2,1H3/i/hT. The van der Waals surface area contributed by atoms with Gasteiger partial charge in [0.15, 0.2) is 0 Å². The van der Waals surface area contributed by atoms with E-state index in [1.54, 1.807) is 0 Å². The van der Waals surface area contributed by atoms with Crippen LogP contribution in [0.5, 0.6) is 0 Å². The van der Waals surface area contributed by atoms with Gasteiger partial charge in [0.05, 0.1) is 0 Å². The summed E-state index contributed by atoms with van der Waals surface area (Å²) in [6.07, 6.45) is 0. The number of hydrogen-bond acceptors (Lipinski definition) is 2. The number of hydrogen-bond donors (Lipinski definition) is 2. The molecule has 2 heteroatoms. The van der Waals surface area contributed by atoms with Crippen molar-refractivity contribution in [3.63, 3.8) is 0 Å². The molecule has 0 bridgehead atoms. The van der Waals surface area contributed by atoms with E-state index in [4.69, 9.17) is 1.41 Å². The highest BCUT2D eigenvalue weighted by Gasteiger charge is 1.51. The van der Waals surface area contributed by atoms with Crippen molar-refractivity contribution in [1.29, 1.82) is 0 Å². The molecule has 0 aromatic rings. The summed E-state index contributed by atoms with van der Waals surface area (Å²) in [6.45, 7) is 2.53. The Hall–Kier alpha value is 0.310. The van der Waals surface area contributed by atoms with Gasteiger partial charge in [0, 0.05) is 6.54 Å². The van der Waals surface area contributed by atoms with E-state index in [1.165, 1.54) is 0 Å². The summed E-state index contributed by atoms with van der Waals surface area (Å²) in [5, 5.41) is 0. The maximum absolute atomic E-state index is 6.52. The van der Waals surface area contributed by atoms with Crippen LogP contribution < -0.4 is 4.72 Å². The molecule has 0 unspecified atom stereocenters. The minimum atomic E-state index is 0.670. The summed E-state index contributed by atoms with van der Waals surface area (Å²) < 4.78 is 7.59. The maximum atomic E-state index is 6.52. The summed E-state index contributed by atoms with van der Waals surface area (Å²) in [6, 6.07) is 0. The Bertz CT molecular complexity index is 23.6. The van der Waals surface area contributed by atoms with Crippen molar-refractivity contribution in [3.8, 4) is 0 Å².